The number of carbonyl (C=O) groups excluding carboxylic acids is 1. The number of nitrogens with one attached hydrogen (secondary N) is 3. The van der Waals surface area contributed by atoms with Crippen LogP contribution in [0.15, 0.2) is 29.3 Å². The highest BCUT2D eigenvalue weighted by Gasteiger charge is 2.33. The highest BCUT2D eigenvalue weighted by molar-refractivity contribution is 5.94. The summed E-state index contributed by atoms with van der Waals surface area (Å²) in [4.78, 5) is 15.8. The number of benzene rings is 1. The molecule has 2 atom stereocenters. The molecule has 1 saturated carbocycles. The number of rotatable bonds is 5. The van der Waals surface area contributed by atoms with Gasteiger partial charge in [0.25, 0.3) is 5.91 Å². The zero-order chi connectivity index (χ0) is 15.2. The third-order valence-corrected chi connectivity index (χ3v) is 3.78. The van der Waals surface area contributed by atoms with Crippen molar-refractivity contribution in [2.24, 2.45) is 10.9 Å². The Morgan fingerprint density at radius 2 is 2.19 bits per heavy atom. The molecule has 5 heteroatoms. The molecule has 114 valence electrons. The van der Waals surface area contributed by atoms with Gasteiger partial charge in [-0.1, -0.05) is 19.1 Å². The molecule has 0 aromatic heterocycles. The van der Waals surface area contributed by atoms with E-state index in [1.54, 1.807) is 14.1 Å². The summed E-state index contributed by atoms with van der Waals surface area (Å²) in [7, 11) is 3.43. The molecule has 1 aliphatic carbocycles. The van der Waals surface area contributed by atoms with Crippen molar-refractivity contribution in [3.8, 4) is 0 Å². The van der Waals surface area contributed by atoms with Crippen LogP contribution in [-0.2, 0) is 6.42 Å². The fourth-order valence-electron chi connectivity index (χ4n) is 2.23. The molecule has 2 rings (SSSR count). The van der Waals surface area contributed by atoms with Crippen LogP contribution in [0.5, 0.6) is 0 Å². The minimum absolute atomic E-state index is 0.0509. The fourth-order valence-corrected chi connectivity index (χ4v) is 2.23. The van der Waals surface area contributed by atoms with Crippen molar-refractivity contribution in [2.75, 3.05) is 20.6 Å². The van der Waals surface area contributed by atoms with E-state index in [0.29, 0.717) is 11.6 Å². The molecule has 1 aliphatic rings. The molecule has 5 nitrogen and oxygen atoms in total. The number of amides is 1. The number of nitrogens with zero attached hydrogens (tertiary/aromatic N) is 1. The van der Waals surface area contributed by atoms with Crippen molar-refractivity contribution >= 4 is 11.9 Å². The summed E-state index contributed by atoms with van der Waals surface area (Å²) in [6.07, 6.45) is 2.07. The lowest BCUT2D eigenvalue weighted by Crippen LogP contribution is -2.39. The summed E-state index contributed by atoms with van der Waals surface area (Å²) in [5, 5.41) is 9.34. The Bertz CT molecular complexity index is 527. The van der Waals surface area contributed by atoms with E-state index in [0.717, 1.165) is 30.4 Å². The zero-order valence-electron chi connectivity index (χ0n) is 12.9. The van der Waals surface area contributed by atoms with Crippen molar-refractivity contribution in [3.05, 3.63) is 35.4 Å². The Morgan fingerprint density at radius 1 is 1.43 bits per heavy atom. The maximum absolute atomic E-state index is 11.6. The largest absolute Gasteiger partial charge is 0.356 e. The van der Waals surface area contributed by atoms with E-state index in [2.05, 4.69) is 27.9 Å². The Balaban J connectivity index is 1.81. The Labute approximate surface area is 126 Å². The molecule has 1 aromatic rings. The molecule has 0 radical (unpaired) electrons. The average Bonchev–Trinajstić information content (AvgIpc) is 3.20. The highest BCUT2D eigenvalue weighted by Crippen LogP contribution is 2.28. The van der Waals surface area contributed by atoms with Crippen LogP contribution in [0.2, 0.25) is 0 Å². The third-order valence-electron chi connectivity index (χ3n) is 3.78. The van der Waals surface area contributed by atoms with Gasteiger partial charge >= 0.3 is 0 Å². The van der Waals surface area contributed by atoms with Crippen LogP contribution in [0.1, 0.15) is 29.3 Å². The molecule has 21 heavy (non-hydrogen) atoms. The first-order chi connectivity index (χ1) is 10.1. The second-order valence-electron chi connectivity index (χ2n) is 5.49. The average molecular weight is 288 g/mol. The van der Waals surface area contributed by atoms with E-state index in [-0.39, 0.29) is 5.91 Å². The van der Waals surface area contributed by atoms with Gasteiger partial charge < -0.3 is 16.0 Å². The number of guanidine groups is 1. The van der Waals surface area contributed by atoms with Crippen LogP contribution >= 0.6 is 0 Å². The highest BCUT2D eigenvalue weighted by atomic mass is 16.1. The number of carbonyl (C=O) groups is 1. The molecule has 1 amide bonds. The normalized spacial score (nSPS) is 20.8. The summed E-state index contributed by atoms with van der Waals surface area (Å²) in [5.74, 6) is 1.55. The van der Waals surface area contributed by atoms with Gasteiger partial charge in [0.15, 0.2) is 5.96 Å². The lowest BCUT2D eigenvalue weighted by Gasteiger charge is -2.11. The molecule has 0 bridgehead atoms. The van der Waals surface area contributed by atoms with Crippen molar-refractivity contribution in [1.82, 2.24) is 16.0 Å². The van der Waals surface area contributed by atoms with Gasteiger partial charge in [-0.3, -0.25) is 9.79 Å². The van der Waals surface area contributed by atoms with E-state index < -0.39 is 0 Å². The molecule has 2 unspecified atom stereocenters. The van der Waals surface area contributed by atoms with Crippen LogP contribution < -0.4 is 16.0 Å². The van der Waals surface area contributed by atoms with Crippen molar-refractivity contribution < 1.29 is 4.79 Å². The zero-order valence-corrected chi connectivity index (χ0v) is 12.9. The minimum atomic E-state index is -0.0509. The maximum atomic E-state index is 11.6. The van der Waals surface area contributed by atoms with Gasteiger partial charge in [0, 0.05) is 32.2 Å². The van der Waals surface area contributed by atoms with Crippen LogP contribution in [0.25, 0.3) is 0 Å². The van der Waals surface area contributed by atoms with Gasteiger partial charge in [0.2, 0.25) is 0 Å². The topological polar surface area (TPSA) is 65.5 Å². The number of aliphatic imine (C=N–C) groups is 1. The first-order valence-electron chi connectivity index (χ1n) is 7.42. The van der Waals surface area contributed by atoms with Crippen molar-refractivity contribution in [1.29, 1.82) is 0 Å². The molecule has 1 fully saturated rings. The number of hydrogen-bond donors (Lipinski definition) is 3. The van der Waals surface area contributed by atoms with E-state index in [9.17, 15) is 4.79 Å². The molecule has 3 N–H and O–H groups in total. The van der Waals surface area contributed by atoms with Gasteiger partial charge in [0.05, 0.1) is 0 Å². The quantitative estimate of drug-likeness (QED) is 0.563. The predicted octanol–water partition coefficient (Wildman–Crippen LogP) is 1.16. The first kappa shape index (κ1) is 15.4. The smallest absolute Gasteiger partial charge is 0.251 e. The second kappa shape index (κ2) is 7.11. The summed E-state index contributed by atoms with van der Waals surface area (Å²) < 4.78 is 0. The van der Waals surface area contributed by atoms with Gasteiger partial charge in [-0.2, -0.15) is 0 Å². The van der Waals surface area contributed by atoms with E-state index in [4.69, 9.17) is 0 Å². The predicted molar refractivity (Wildman–Crippen MR) is 85.6 cm³/mol. The van der Waals surface area contributed by atoms with Crippen LogP contribution in [0.3, 0.4) is 0 Å². The van der Waals surface area contributed by atoms with Crippen molar-refractivity contribution in [2.45, 2.75) is 25.8 Å². The Morgan fingerprint density at radius 3 is 2.81 bits per heavy atom. The van der Waals surface area contributed by atoms with E-state index in [1.165, 1.54) is 6.42 Å². The molecule has 0 aliphatic heterocycles. The molecule has 0 heterocycles. The maximum Gasteiger partial charge on any atom is 0.251 e. The van der Waals surface area contributed by atoms with E-state index >= 15 is 0 Å². The summed E-state index contributed by atoms with van der Waals surface area (Å²) in [6, 6.07) is 8.27. The number of hydrogen-bond acceptors (Lipinski definition) is 2. The summed E-state index contributed by atoms with van der Waals surface area (Å²) in [5.41, 5.74) is 1.84. The standard InChI is InChI=1S/C16H24N4O/c1-11-9-14(11)20-16(18-3)19-8-7-12-5-4-6-13(10-12)15(21)17-2/h4-6,10-11,14H,7-9H2,1-3H3,(H,17,21)(H2,18,19,20). The van der Waals surface area contributed by atoms with Crippen molar-refractivity contribution in [3.63, 3.8) is 0 Å². The first-order valence-corrected chi connectivity index (χ1v) is 7.42. The monoisotopic (exact) mass is 288 g/mol. The Hall–Kier alpha value is -2.04. The lowest BCUT2D eigenvalue weighted by molar-refractivity contribution is 0.0963. The fraction of sp³-hybridized carbons (Fsp3) is 0.500. The second-order valence-corrected chi connectivity index (χ2v) is 5.49. The minimum Gasteiger partial charge on any atom is -0.356 e. The van der Waals surface area contributed by atoms with E-state index in [1.807, 2.05) is 24.3 Å². The molecule has 0 spiro atoms. The van der Waals surface area contributed by atoms with Gasteiger partial charge in [-0.15, -0.1) is 0 Å². The van der Waals surface area contributed by atoms with Gasteiger partial charge in [-0.25, -0.2) is 0 Å². The lowest BCUT2D eigenvalue weighted by atomic mass is 10.1. The van der Waals surface area contributed by atoms with Crippen LogP contribution in [0.4, 0.5) is 0 Å². The van der Waals surface area contributed by atoms with Gasteiger partial charge in [-0.05, 0) is 36.5 Å². The van der Waals surface area contributed by atoms with Gasteiger partial charge in [0.1, 0.15) is 0 Å². The van der Waals surface area contributed by atoms with Crippen LogP contribution in [0, 0.1) is 5.92 Å². The molecular formula is C16H24N4O. The third kappa shape index (κ3) is 4.48. The Kier molecular flexibility index (Phi) is 5.20. The molecular weight excluding hydrogens is 264 g/mol. The molecule has 0 saturated heterocycles. The summed E-state index contributed by atoms with van der Waals surface area (Å²) >= 11 is 0. The summed E-state index contributed by atoms with van der Waals surface area (Å²) in [6.45, 7) is 3.02. The van der Waals surface area contributed by atoms with Crippen LogP contribution in [-0.4, -0.2) is 38.5 Å². The molecule has 1 aromatic carbocycles. The SMILES string of the molecule is CN=C(NCCc1cccc(C(=O)NC)c1)NC1CC1C.